The molecule has 0 aliphatic carbocycles. The number of carbonyl (C=O) groups excluding carboxylic acids is 1. The average molecular weight is 980 g/mol. The Morgan fingerprint density at radius 3 is 1.22 bits per heavy atom. The highest BCUT2D eigenvalue weighted by Gasteiger charge is 2.23. The number of unbranched alkanes of at least 4 members (excludes halogenated alkanes) is 37. The van der Waals surface area contributed by atoms with Gasteiger partial charge >= 0.3 is 0 Å². The van der Waals surface area contributed by atoms with Gasteiger partial charge in [-0.1, -0.05) is 262 Å². The van der Waals surface area contributed by atoms with Crippen molar-refractivity contribution >= 4 is 13.7 Å². The van der Waals surface area contributed by atoms with E-state index in [1.54, 1.807) is 6.08 Å². The third-order valence-electron chi connectivity index (χ3n) is 13.3. The first-order valence-corrected chi connectivity index (χ1v) is 30.8. The molecule has 0 fully saturated rings. The lowest BCUT2D eigenvalue weighted by Crippen LogP contribution is -2.45. The van der Waals surface area contributed by atoms with Crippen molar-refractivity contribution in [3.05, 3.63) is 36.5 Å². The number of aliphatic hydroxyl groups is 1. The van der Waals surface area contributed by atoms with Gasteiger partial charge in [0.25, 0.3) is 7.82 Å². The standard InChI is InChI=1S/C59H115N2O6P/c1-6-8-10-12-14-16-18-19-20-21-22-23-24-25-26-27-28-29-30-31-32-33-34-35-36-37-38-39-40-41-43-45-47-49-51-53-59(63)60-57(56-67-68(64,65)66-55-54-61(3,4)5)58(62)52-50-48-46-44-42-17-15-13-11-9-7-2/h18-19,21-22,50,52,57-58,62H,6-17,20,23-49,51,53-56H2,1-5H3,(H-,60,63,64,65)/b19-18-,22-21-,52-50+. The fourth-order valence-corrected chi connectivity index (χ4v) is 9.44. The van der Waals surface area contributed by atoms with Gasteiger partial charge < -0.3 is 28.8 Å². The minimum absolute atomic E-state index is 0.000681. The van der Waals surface area contributed by atoms with Crippen molar-refractivity contribution in [2.24, 2.45) is 0 Å². The molecule has 0 aliphatic heterocycles. The Labute approximate surface area is 423 Å². The van der Waals surface area contributed by atoms with Crippen molar-refractivity contribution in [1.82, 2.24) is 5.32 Å². The number of aliphatic hydroxyl groups excluding tert-OH is 1. The lowest BCUT2D eigenvalue weighted by atomic mass is 10.0. The monoisotopic (exact) mass is 979 g/mol. The molecule has 0 aromatic carbocycles. The molecule has 0 spiro atoms. The second kappa shape index (κ2) is 50.7. The number of likely N-dealkylation sites (N-methyl/N-ethyl adjacent to an activating group) is 1. The zero-order valence-electron chi connectivity index (χ0n) is 45.8. The van der Waals surface area contributed by atoms with Crippen molar-refractivity contribution in [2.75, 3.05) is 40.9 Å². The van der Waals surface area contributed by atoms with Crippen LogP contribution in [-0.2, 0) is 18.4 Å². The summed E-state index contributed by atoms with van der Waals surface area (Å²) in [6.45, 7) is 4.64. The number of allylic oxidation sites excluding steroid dienone is 5. The highest BCUT2D eigenvalue weighted by Crippen LogP contribution is 2.38. The third kappa shape index (κ3) is 52.5. The predicted molar refractivity (Wildman–Crippen MR) is 293 cm³/mol. The number of hydrogen-bond acceptors (Lipinski definition) is 6. The Bertz CT molecular complexity index is 1200. The molecule has 68 heavy (non-hydrogen) atoms. The van der Waals surface area contributed by atoms with E-state index in [9.17, 15) is 19.4 Å². The van der Waals surface area contributed by atoms with Crippen LogP contribution in [0.4, 0.5) is 0 Å². The van der Waals surface area contributed by atoms with Crippen LogP contribution >= 0.6 is 7.82 Å². The molecular weight excluding hydrogens is 864 g/mol. The molecule has 0 aromatic rings. The molecule has 3 unspecified atom stereocenters. The van der Waals surface area contributed by atoms with Gasteiger partial charge in [-0.2, -0.15) is 0 Å². The first-order valence-electron chi connectivity index (χ1n) is 29.4. The van der Waals surface area contributed by atoms with E-state index in [4.69, 9.17) is 9.05 Å². The van der Waals surface area contributed by atoms with Gasteiger partial charge in [-0.3, -0.25) is 9.36 Å². The summed E-state index contributed by atoms with van der Waals surface area (Å²) in [6, 6.07) is -0.883. The van der Waals surface area contributed by atoms with Gasteiger partial charge in [0.1, 0.15) is 13.2 Å². The van der Waals surface area contributed by atoms with Gasteiger partial charge in [-0.25, -0.2) is 0 Å². The van der Waals surface area contributed by atoms with Gasteiger partial charge in [-0.15, -0.1) is 0 Å². The Balaban J connectivity index is 3.90. The second-order valence-electron chi connectivity index (χ2n) is 21.4. The van der Waals surface area contributed by atoms with E-state index in [1.807, 2.05) is 27.2 Å². The SMILES string of the molecule is CCCCCCC/C=C\C/C=C\CCCCCCCCCCCCCCCCCCCCCCCCCC(=O)NC(COP(=O)([O-])OCC[N+](C)(C)C)C(O)/C=C/CCCCCCCCCCC. The molecule has 0 aromatic heterocycles. The molecule has 0 rings (SSSR count). The maximum Gasteiger partial charge on any atom is 0.268 e. The van der Waals surface area contributed by atoms with Gasteiger partial charge in [0.05, 0.1) is 39.9 Å². The number of nitrogens with zero attached hydrogens (tertiary/aromatic N) is 1. The predicted octanol–water partition coefficient (Wildman–Crippen LogP) is 17.1. The van der Waals surface area contributed by atoms with Crippen LogP contribution in [0, 0.1) is 0 Å². The molecule has 0 saturated carbocycles. The molecule has 0 saturated heterocycles. The molecule has 1 amide bonds. The first-order chi connectivity index (χ1) is 33.0. The van der Waals surface area contributed by atoms with Crippen molar-refractivity contribution < 1.29 is 32.9 Å². The molecule has 3 atom stereocenters. The summed E-state index contributed by atoms with van der Waals surface area (Å²) in [5.74, 6) is -0.194. The average Bonchev–Trinajstić information content (AvgIpc) is 3.30. The minimum Gasteiger partial charge on any atom is -0.756 e. The fourth-order valence-electron chi connectivity index (χ4n) is 8.72. The molecule has 2 N–H and O–H groups in total. The number of rotatable bonds is 54. The van der Waals surface area contributed by atoms with E-state index in [2.05, 4.69) is 43.5 Å². The van der Waals surface area contributed by atoms with Gasteiger partial charge in [0.2, 0.25) is 5.91 Å². The molecule has 0 radical (unpaired) electrons. The zero-order chi connectivity index (χ0) is 49.9. The molecule has 9 heteroatoms. The third-order valence-corrected chi connectivity index (χ3v) is 14.3. The molecule has 0 bridgehead atoms. The van der Waals surface area contributed by atoms with Crippen LogP contribution in [0.15, 0.2) is 36.5 Å². The van der Waals surface area contributed by atoms with Gasteiger partial charge in [0, 0.05) is 6.42 Å². The van der Waals surface area contributed by atoms with Crippen molar-refractivity contribution in [3.8, 4) is 0 Å². The number of phosphoric ester groups is 1. The Kier molecular flexibility index (Phi) is 49.7. The molecular formula is C59H115N2O6P. The minimum atomic E-state index is -4.59. The topological polar surface area (TPSA) is 108 Å². The maximum absolute atomic E-state index is 12.9. The normalized spacial score (nSPS) is 14.2. The van der Waals surface area contributed by atoms with Gasteiger partial charge in [-0.05, 0) is 51.4 Å². The van der Waals surface area contributed by atoms with Crippen molar-refractivity contribution in [2.45, 2.75) is 296 Å². The number of quaternary nitrogens is 1. The summed E-state index contributed by atoms with van der Waals surface area (Å²) in [5.41, 5.74) is 0. The van der Waals surface area contributed by atoms with E-state index >= 15 is 0 Å². The first kappa shape index (κ1) is 66.7. The lowest BCUT2D eigenvalue weighted by Gasteiger charge is -2.29. The van der Waals surface area contributed by atoms with E-state index < -0.39 is 20.0 Å². The Morgan fingerprint density at radius 1 is 0.515 bits per heavy atom. The van der Waals surface area contributed by atoms with E-state index in [0.29, 0.717) is 17.4 Å². The highest BCUT2D eigenvalue weighted by molar-refractivity contribution is 7.45. The summed E-state index contributed by atoms with van der Waals surface area (Å²) in [4.78, 5) is 25.4. The Morgan fingerprint density at radius 2 is 0.853 bits per heavy atom. The van der Waals surface area contributed by atoms with Crippen molar-refractivity contribution in [3.63, 3.8) is 0 Å². The smallest absolute Gasteiger partial charge is 0.268 e. The summed E-state index contributed by atoms with van der Waals surface area (Å²) < 4.78 is 23.3. The molecule has 402 valence electrons. The number of carbonyl (C=O) groups is 1. The molecule has 8 nitrogen and oxygen atoms in total. The van der Waals surface area contributed by atoms with E-state index in [-0.39, 0.29) is 19.1 Å². The molecule has 0 aliphatic rings. The van der Waals surface area contributed by atoms with Crippen LogP contribution in [0.5, 0.6) is 0 Å². The van der Waals surface area contributed by atoms with Crippen LogP contribution in [0.1, 0.15) is 284 Å². The summed E-state index contributed by atoms with van der Waals surface area (Å²) >= 11 is 0. The lowest BCUT2D eigenvalue weighted by molar-refractivity contribution is -0.870. The molecule has 0 heterocycles. The van der Waals surface area contributed by atoms with Crippen LogP contribution in [-0.4, -0.2) is 68.5 Å². The Hall–Kier alpha value is -1.28. The zero-order valence-corrected chi connectivity index (χ0v) is 46.7. The van der Waals surface area contributed by atoms with Crippen LogP contribution in [0.3, 0.4) is 0 Å². The number of phosphoric acid groups is 1. The number of amides is 1. The summed E-state index contributed by atoms with van der Waals surface area (Å²) in [5, 5.41) is 13.8. The van der Waals surface area contributed by atoms with E-state index in [0.717, 1.165) is 44.9 Å². The number of hydrogen-bond donors (Lipinski definition) is 2. The number of nitrogens with one attached hydrogen (secondary N) is 1. The maximum atomic E-state index is 12.9. The van der Waals surface area contributed by atoms with Gasteiger partial charge in [0.15, 0.2) is 0 Å². The van der Waals surface area contributed by atoms with Crippen LogP contribution < -0.4 is 10.2 Å². The summed E-state index contributed by atoms with van der Waals surface area (Å²) in [7, 11) is 1.27. The highest BCUT2D eigenvalue weighted by atomic mass is 31.2. The van der Waals surface area contributed by atoms with Crippen LogP contribution in [0.2, 0.25) is 0 Å². The second-order valence-corrected chi connectivity index (χ2v) is 22.8. The van der Waals surface area contributed by atoms with Crippen LogP contribution in [0.25, 0.3) is 0 Å². The summed E-state index contributed by atoms with van der Waals surface area (Å²) in [6.07, 6.45) is 65.3. The van der Waals surface area contributed by atoms with Crippen molar-refractivity contribution in [1.29, 1.82) is 0 Å². The quantitative estimate of drug-likeness (QED) is 0.0272. The largest absolute Gasteiger partial charge is 0.756 e. The fraction of sp³-hybridized carbons (Fsp3) is 0.881. The van der Waals surface area contributed by atoms with E-state index in [1.165, 1.54) is 218 Å².